The summed E-state index contributed by atoms with van der Waals surface area (Å²) in [5.74, 6) is -0.667. The number of nitrogens with zero attached hydrogens (tertiary/aromatic N) is 4. The number of hydrogen-bond donors (Lipinski definition) is 3. The Labute approximate surface area is 138 Å². The molecule has 0 saturated carbocycles. The van der Waals surface area contributed by atoms with E-state index in [-0.39, 0.29) is 17.2 Å². The number of nitrogen functional groups attached to an aromatic ring is 1. The van der Waals surface area contributed by atoms with Gasteiger partial charge in [0.25, 0.3) is 0 Å². The fraction of sp³-hybridized carbons (Fsp3) is 0.333. The number of anilines is 4. The summed E-state index contributed by atoms with van der Waals surface area (Å²) in [6, 6.07) is 3.25. The third-order valence-electron chi connectivity index (χ3n) is 3.84. The SMILES string of the molecule is CN1CCN(Nc2ncnc(Nc3ccc(F)cc3F)c2N)CC1. The molecule has 4 N–H and O–H groups in total. The molecule has 9 heteroatoms. The number of nitrogens with one attached hydrogen (secondary N) is 2. The van der Waals surface area contributed by atoms with Gasteiger partial charge in [0.05, 0.1) is 5.69 Å². The highest BCUT2D eigenvalue weighted by molar-refractivity contribution is 5.77. The summed E-state index contributed by atoms with van der Waals surface area (Å²) in [7, 11) is 2.07. The van der Waals surface area contributed by atoms with E-state index in [9.17, 15) is 8.78 Å². The Bertz CT molecular complexity index is 717. The van der Waals surface area contributed by atoms with Crippen LogP contribution in [0.4, 0.5) is 31.8 Å². The van der Waals surface area contributed by atoms with Crippen molar-refractivity contribution < 1.29 is 8.78 Å². The van der Waals surface area contributed by atoms with Crippen molar-refractivity contribution in [2.75, 3.05) is 49.7 Å². The van der Waals surface area contributed by atoms with E-state index in [4.69, 9.17) is 5.73 Å². The summed E-state index contributed by atoms with van der Waals surface area (Å²) in [5.41, 5.74) is 9.58. The number of hydrogen-bond acceptors (Lipinski definition) is 7. The second-order valence-electron chi connectivity index (χ2n) is 5.64. The quantitative estimate of drug-likeness (QED) is 0.784. The zero-order valence-electron chi connectivity index (χ0n) is 13.3. The lowest BCUT2D eigenvalue weighted by atomic mass is 10.3. The molecule has 0 unspecified atom stereocenters. The van der Waals surface area contributed by atoms with Crippen LogP contribution in [-0.2, 0) is 0 Å². The van der Waals surface area contributed by atoms with Crippen LogP contribution in [0.15, 0.2) is 24.5 Å². The van der Waals surface area contributed by atoms with E-state index in [1.54, 1.807) is 0 Å². The molecule has 1 aromatic carbocycles. The van der Waals surface area contributed by atoms with Crippen LogP contribution in [0.2, 0.25) is 0 Å². The highest BCUT2D eigenvalue weighted by Crippen LogP contribution is 2.27. The minimum atomic E-state index is -0.721. The predicted molar refractivity (Wildman–Crippen MR) is 88.8 cm³/mol. The molecular formula is C15H19F2N7. The largest absolute Gasteiger partial charge is 0.393 e. The van der Waals surface area contributed by atoms with Crippen molar-refractivity contribution in [3.8, 4) is 0 Å². The first-order valence-electron chi connectivity index (χ1n) is 7.55. The normalized spacial score (nSPS) is 16.1. The van der Waals surface area contributed by atoms with Crippen LogP contribution in [0.25, 0.3) is 0 Å². The highest BCUT2D eigenvalue weighted by Gasteiger charge is 2.17. The highest BCUT2D eigenvalue weighted by atomic mass is 19.1. The molecule has 1 saturated heterocycles. The van der Waals surface area contributed by atoms with Crippen LogP contribution in [-0.4, -0.2) is 53.1 Å². The molecule has 1 aromatic heterocycles. The maximum Gasteiger partial charge on any atom is 0.169 e. The molecule has 128 valence electrons. The van der Waals surface area contributed by atoms with Gasteiger partial charge in [-0.15, -0.1) is 0 Å². The molecule has 0 atom stereocenters. The van der Waals surface area contributed by atoms with Crippen molar-refractivity contribution >= 4 is 23.0 Å². The summed E-state index contributed by atoms with van der Waals surface area (Å²) in [4.78, 5) is 10.4. The van der Waals surface area contributed by atoms with Gasteiger partial charge in [-0.2, -0.15) is 0 Å². The van der Waals surface area contributed by atoms with Crippen LogP contribution in [0.3, 0.4) is 0 Å². The van der Waals surface area contributed by atoms with E-state index >= 15 is 0 Å². The average molecular weight is 335 g/mol. The average Bonchev–Trinajstić information content (AvgIpc) is 2.55. The van der Waals surface area contributed by atoms with Crippen molar-refractivity contribution in [1.29, 1.82) is 0 Å². The molecule has 0 radical (unpaired) electrons. The Kier molecular flexibility index (Phi) is 4.72. The van der Waals surface area contributed by atoms with Gasteiger partial charge >= 0.3 is 0 Å². The fourth-order valence-corrected chi connectivity index (χ4v) is 2.37. The fourth-order valence-electron chi connectivity index (χ4n) is 2.37. The molecule has 1 aliphatic heterocycles. The molecule has 0 aliphatic carbocycles. The van der Waals surface area contributed by atoms with E-state index in [0.29, 0.717) is 5.82 Å². The number of aromatic nitrogens is 2. The lowest BCUT2D eigenvalue weighted by Crippen LogP contribution is -2.47. The first-order chi connectivity index (χ1) is 11.5. The van der Waals surface area contributed by atoms with Gasteiger partial charge < -0.3 is 21.4 Å². The second-order valence-corrected chi connectivity index (χ2v) is 5.64. The van der Waals surface area contributed by atoms with Crippen LogP contribution in [0, 0.1) is 11.6 Å². The van der Waals surface area contributed by atoms with Gasteiger partial charge in [0.15, 0.2) is 11.6 Å². The molecule has 7 nitrogen and oxygen atoms in total. The van der Waals surface area contributed by atoms with Gasteiger partial charge in [-0.25, -0.2) is 23.8 Å². The molecule has 2 aromatic rings. The van der Waals surface area contributed by atoms with E-state index in [1.165, 1.54) is 12.4 Å². The third-order valence-corrected chi connectivity index (χ3v) is 3.84. The Morgan fingerprint density at radius 1 is 1.08 bits per heavy atom. The first kappa shape index (κ1) is 16.3. The summed E-state index contributed by atoms with van der Waals surface area (Å²) in [5, 5.41) is 4.78. The van der Waals surface area contributed by atoms with Gasteiger partial charge in [0.1, 0.15) is 23.6 Å². The van der Waals surface area contributed by atoms with Gasteiger partial charge in [0.2, 0.25) is 0 Å². The lowest BCUT2D eigenvalue weighted by molar-refractivity contribution is 0.178. The molecular weight excluding hydrogens is 316 g/mol. The van der Waals surface area contributed by atoms with Gasteiger partial charge in [-0.05, 0) is 19.2 Å². The number of likely N-dealkylation sites (N-methyl/N-ethyl adjacent to an activating group) is 1. The van der Waals surface area contributed by atoms with Crippen molar-refractivity contribution in [3.63, 3.8) is 0 Å². The Balaban J connectivity index is 1.75. The van der Waals surface area contributed by atoms with Crippen LogP contribution < -0.4 is 16.5 Å². The predicted octanol–water partition coefficient (Wildman–Crippen LogP) is 1.65. The molecule has 0 bridgehead atoms. The topological polar surface area (TPSA) is 82.3 Å². The van der Waals surface area contributed by atoms with E-state index < -0.39 is 11.6 Å². The van der Waals surface area contributed by atoms with Gasteiger partial charge in [-0.1, -0.05) is 0 Å². The molecule has 1 fully saturated rings. The van der Waals surface area contributed by atoms with Crippen molar-refractivity contribution in [2.24, 2.45) is 0 Å². The zero-order valence-corrected chi connectivity index (χ0v) is 13.3. The molecule has 3 rings (SSSR count). The van der Waals surface area contributed by atoms with E-state index in [1.807, 2.05) is 5.01 Å². The van der Waals surface area contributed by atoms with E-state index in [2.05, 4.69) is 32.7 Å². The number of rotatable bonds is 4. The minimum Gasteiger partial charge on any atom is -0.393 e. The zero-order chi connectivity index (χ0) is 17.1. The second kappa shape index (κ2) is 6.93. The van der Waals surface area contributed by atoms with Crippen LogP contribution >= 0.6 is 0 Å². The molecule has 1 aliphatic rings. The summed E-state index contributed by atoms with van der Waals surface area (Å²) in [6.07, 6.45) is 1.33. The summed E-state index contributed by atoms with van der Waals surface area (Å²) in [6.45, 7) is 3.53. The number of halogens is 2. The maximum atomic E-state index is 13.8. The van der Waals surface area contributed by atoms with Crippen molar-refractivity contribution in [2.45, 2.75) is 0 Å². The monoisotopic (exact) mass is 335 g/mol. The maximum absolute atomic E-state index is 13.8. The number of piperazine rings is 1. The minimum absolute atomic E-state index is 0.0901. The summed E-state index contributed by atoms with van der Waals surface area (Å²) < 4.78 is 26.7. The number of benzene rings is 1. The Hall–Kier alpha value is -2.52. The molecule has 0 spiro atoms. The third kappa shape index (κ3) is 3.69. The van der Waals surface area contributed by atoms with Gasteiger partial charge in [0, 0.05) is 32.2 Å². The Morgan fingerprint density at radius 2 is 1.79 bits per heavy atom. The first-order valence-corrected chi connectivity index (χ1v) is 7.55. The standard InChI is InChI=1S/C15H19F2N7/c1-23-4-6-24(7-5-23)22-15-13(18)14(19-9-20-15)21-12-3-2-10(16)8-11(12)17/h2-3,8-9H,4-7,18H2,1H3,(H2,19,20,21,22). The lowest BCUT2D eigenvalue weighted by Gasteiger charge is -2.32. The molecule has 24 heavy (non-hydrogen) atoms. The van der Waals surface area contributed by atoms with Crippen LogP contribution in [0.5, 0.6) is 0 Å². The van der Waals surface area contributed by atoms with Crippen molar-refractivity contribution in [1.82, 2.24) is 19.9 Å². The Morgan fingerprint density at radius 3 is 2.50 bits per heavy atom. The van der Waals surface area contributed by atoms with Gasteiger partial charge in [-0.3, -0.25) is 0 Å². The summed E-state index contributed by atoms with van der Waals surface area (Å²) >= 11 is 0. The molecule has 0 amide bonds. The van der Waals surface area contributed by atoms with Crippen LogP contribution in [0.1, 0.15) is 0 Å². The smallest absolute Gasteiger partial charge is 0.169 e. The van der Waals surface area contributed by atoms with E-state index in [0.717, 1.165) is 38.3 Å². The molecule has 2 heterocycles. The number of nitrogens with two attached hydrogens (primary N) is 1. The number of hydrazine groups is 1. The van der Waals surface area contributed by atoms with Crippen molar-refractivity contribution in [3.05, 3.63) is 36.2 Å².